The molecule has 0 radical (unpaired) electrons. The third kappa shape index (κ3) is 3.88. The van der Waals surface area contributed by atoms with Gasteiger partial charge >= 0.3 is 12.4 Å². The van der Waals surface area contributed by atoms with Gasteiger partial charge in [0.05, 0.1) is 28.2 Å². The summed E-state index contributed by atoms with van der Waals surface area (Å²) in [7, 11) is 0. The van der Waals surface area contributed by atoms with Gasteiger partial charge in [-0.25, -0.2) is 0 Å². The zero-order chi connectivity index (χ0) is 17.4. The molecule has 1 heterocycles. The molecule has 0 saturated heterocycles. The lowest BCUT2D eigenvalue weighted by molar-refractivity contribution is -0.143. The van der Waals surface area contributed by atoms with Gasteiger partial charge in [-0.15, -0.1) is 5.11 Å². The Bertz CT molecular complexity index is 690. The van der Waals surface area contributed by atoms with Gasteiger partial charge in [0.25, 0.3) is 0 Å². The summed E-state index contributed by atoms with van der Waals surface area (Å²) in [6, 6.07) is 1.04. The monoisotopic (exact) mass is 336 g/mol. The smallest absolute Gasteiger partial charge is 0.280 e. The Morgan fingerprint density at radius 2 is 1.39 bits per heavy atom. The number of aromatic amines is 1. The van der Waals surface area contributed by atoms with Crippen molar-refractivity contribution in [2.24, 2.45) is 10.2 Å². The first-order valence-electron chi connectivity index (χ1n) is 6.21. The molecule has 0 aliphatic carbocycles. The fourth-order valence-electron chi connectivity index (χ4n) is 1.80. The minimum atomic E-state index is -4.92. The molecular formula is C13H10F6N4. The molecule has 1 aromatic heterocycles. The van der Waals surface area contributed by atoms with E-state index >= 15 is 0 Å². The molecule has 1 aromatic carbocycles. The van der Waals surface area contributed by atoms with Crippen LogP contribution in [0.1, 0.15) is 22.5 Å². The molecule has 23 heavy (non-hydrogen) atoms. The van der Waals surface area contributed by atoms with Crippen molar-refractivity contribution in [1.82, 2.24) is 10.2 Å². The maximum absolute atomic E-state index is 12.7. The topological polar surface area (TPSA) is 53.4 Å². The van der Waals surface area contributed by atoms with Crippen molar-refractivity contribution < 1.29 is 26.3 Å². The number of halogens is 6. The second-order valence-electron chi connectivity index (χ2n) is 4.75. The number of hydrogen-bond donors (Lipinski definition) is 1. The Hall–Kier alpha value is -2.39. The predicted octanol–water partition coefficient (Wildman–Crippen LogP) is 5.48. The second-order valence-corrected chi connectivity index (χ2v) is 4.75. The highest BCUT2D eigenvalue weighted by Gasteiger charge is 2.37. The van der Waals surface area contributed by atoms with E-state index in [0.717, 1.165) is 0 Å². The van der Waals surface area contributed by atoms with Gasteiger partial charge in [0.2, 0.25) is 0 Å². The summed E-state index contributed by atoms with van der Waals surface area (Å²) in [6.07, 6.45) is -9.85. The number of nitrogens with zero attached hydrogens (tertiary/aromatic N) is 3. The molecule has 0 aliphatic heterocycles. The van der Waals surface area contributed by atoms with Crippen molar-refractivity contribution in [3.8, 4) is 0 Å². The molecule has 0 amide bonds. The highest BCUT2D eigenvalue weighted by Crippen LogP contribution is 2.38. The Labute approximate surface area is 126 Å². The molecule has 124 valence electrons. The highest BCUT2D eigenvalue weighted by atomic mass is 19.4. The minimum absolute atomic E-state index is 0.0351. The van der Waals surface area contributed by atoms with E-state index in [2.05, 4.69) is 20.4 Å². The quantitative estimate of drug-likeness (QED) is 0.573. The van der Waals surface area contributed by atoms with Gasteiger partial charge < -0.3 is 0 Å². The van der Waals surface area contributed by atoms with Gasteiger partial charge in [0, 0.05) is 0 Å². The van der Waals surface area contributed by atoms with E-state index in [-0.39, 0.29) is 11.8 Å². The van der Waals surface area contributed by atoms with Crippen molar-refractivity contribution in [3.63, 3.8) is 0 Å². The lowest BCUT2D eigenvalue weighted by Crippen LogP contribution is -2.10. The van der Waals surface area contributed by atoms with Crippen LogP contribution in [0.2, 0.25) is 0 Å². The molecule has 0 saturated carbocycles. The summed E-state index contributed by atoms with van der Waals surface area (Å²) < 4.78 is 76.3. The lowest BCUT2D eigenvalue weighted by Gasteiger charge is -2.12. The van der Waals surface area contributed by atoms with E-state index in [1.165, 1.54) is 0 Å². The van der Waals surface area contributed by atoms with Crippen LogP contribution < -0.4 is 0 Å². The van der Waals surface area contributed by atoms with E-state index in [4.69, 9.17) is 0 Å². The third-order valence-corrected chi connectivity index (χ3v) is 2.93. The number of hydrogen-bond acceptors (Lipinski definition) is 3. The molecule has 0 bridgehead atoms. The standard InChI is InChI=1S/C13H10F6N4/c1-6-11(7(2)21-20-6)23-22-10-4-8(12(14,15)16)3-9(5-10)13(17,18)19/h3-5H,1-2H3,(H,20,21). The molecule has 2 rings (SSSR count). The minimum Gasteiger partial charge on any atom is -0.280 e. The first-order valence-corrected chi connectivity index (χ1v) is 6.21. The van der Waals surface area contributed by atoms with Gasteiger partial charge in [-0.2, -0.15) is 36.6 Å². The first kappa shape index (κ1) is 17.0. The fraction of sp³-hybridized carbons (Fsp3) is 0.308. The summed E-state index contributed by atoms with van der Waals surface area (Å²) in [5.41, 5.74) is -2.25. The van der Waals surface area contributed by atoms with E-state index in [0.29, 0.717) is 23.5 Å². The molecule has 0 spiro atoms. The van der Waals surface area contributed by atoms with Crippen molar-refractivity contribution in [1.29, 1.82) is 0 Å². The molecule has 0 fully saturated rings. The summed E-state index contributed by atoms with van der Waals surface area (Å²) in [6.45, 7) is 3.17. The van der Waals surface area contributed by atoms with Crippen LogP contribution in [0, 0.1) is 13.8 Å². The van der Waals surface area contributed by atoms with Crippen LogP contribution in [-0.2, 0) is 12.4 Å². The normalized spacial score (nSPS) is 13.0. The predicted molar refractivity (Wildman–Crippen MR) is 68.7 cm³/mol. The molecule has 2 aromatic rings. The number of azo groups is 1. The molecule has 0 unspecified atom stereocenters. The Morgan fingerprint density at radius 1 is 0.870 bits per heavy atom. The van der Waals surface area contributed by atoms with Crippen LogP contribution in [-0.4, -0.2) is 10.2 Å². The number of rotatable bonds is 2. The van der Waals surface area contributed by atoms with Crippen LogP contribution in [0.15, 0.2) is 28.4 Å². The Morgan fingerprint density at radius 3 is 1.78 bits per heavy atom. The molecule has 4 nitrogen and oxygen atoms in total. The van der Waals surface area contributed by atoms with Crippen molar-refractivity contribution >= 4 is 11.4 Å². The number of aryl methyl sites for hydroxylation is 2. The zero-order valence-corrected chi connectivity index (χ0v) is 11.8. The van der Waals surface area contributed by atoms with E-state index in [9.17, 15) is 26.3 Å². The average Bonchev–Trinajstić information content (AvgIpc) is 2.73. The van der Waals surface area contributed by atoms with Crippen LogP contribution >= 0.6 is 0 Å². The highest BCUT2D eigenvalue weighted by molar-refractivity contribution is 5.48. The third-order valence-electron chi connectivity index (χ3n) is 2.93. The van der Waals surface area contributed by atoms with Crippen molar-refractivity contribution in [3.05, 3.63) is 40.7 Å². The van der Waals surface area contributed by atoms with Crippen LogP contribution in [0.3, 0.4) is 0 Å². The number of alkyl halides is 6. The fourth-order valence-corrected chi connectivity index (χ4v) is 1.80. The van der Waals surface area contributed by atoms with E-state index in [1.54, 1.807) is 13.8 Å². The Balaban J connectivity index is 2.50. The summed E-state index contributed by atoms with van der Waals surface area (Å²) in [4.78, 5) is 0. The van der Waals surface area contributed by atoms with Crippen LogP contribution in [0.5, 0.6) is 0 Å². The molecule has 1 N–H and O–H groups in total. The SMILES string of the molecule is Cc1n[nH]c(C)c1N=Nc1cc(C(F)(F)F)cc(C(F)(F)F)c1. The van der Waals surface area contributed by atoms with Gasteiger partial charge in [-0.1, -0.05) is 0 Å². The van der Waals surface area contributed by atoms with Crippen LogP contribution in [0.4, 0.5) is 37.7 Å². The van der Waals surface area contributed by atoms with Crippen LogP contribution in [0.25, 0.3) is 0 Å². The number of H-pyrrole nitrogens is 1. The van der Waals surface area contributed by atoms with Gasteiger partial charge in [-0.3, -0.25) is 5.10 Å². The molecule has 10 heteroatoms. The maximum atomic E-state index is 12.7. The average molecular weight is 336 g/mol. The molecular weight excluding hydrogens is 326 g/mol. The number of aromatic nitrogens is 2. The largest absolute Gasteiger partial charge is 0.416 e. The number of benzene rings is 1. The number of nitrogens with one attached hydrogen (secondary N) is 1. The second kappa shape index (κ2) is 5.67. The van der Waals surface area contributed by atoms with Gasteiger partial charge in [0.15, 0.2) is 0 Å². The van der Waals surface area contributed by atoms with E-state index in [1.807, 2.05) is 0 Å². The lowest BCUT2D eigenvalue weighted by atomic mass is 10.1. The van der Waals surface area contributed by atoms with Crippen molar-refractivity contribution in [2.75, 3.05) is 0 Å². The summed E-state index contributed by atoms with van der Waals surface area (Å²) in [5, 5.41) is 13.5. The summed E-state index contributed by atoms with van der Waals surface area (Å²) >= 11 is 0. The van der Waals surface area contributed by atoms with Gasteiger partial charge in [-0.05, 0) is 32.0 Å². The molecule has 0 atom stereocenters. The summed E-state index contributed by atoms with van der Waals surface area (Å²) in [5.74, 6) is 0. The van der Waals surface area contributed by atoms with E-state index < -0.39 is 29.2 Å². The maximum Gasteiger partial charge on any atom is 0.416 e. The van der Waals surface area contributed by atoms with Gasteiger partial charge in [0.1, 0.15) is 5.69 Å². The van der Waals surface area contributed by atoms with Crippen molar-refractivity contribution in [2.45, 2.75) is 26.2 Å². The Kier molecular flexibility index (Phi) is 4.18. The molecule has 0 aliphatic rings. The first-order chi connectivity index (χ1) is 10.5. The zero-order valence-electron chi connectivity index (χ0n) is 11.8.